The molecule has 0 fully saturated rings. The molecule has 0 aliphatic heterocycles. The summed E-state index contributed by atoms with van der Waals surface area (Å²) in [6.07, 6.45) is -0.549. The summed E-state index contributed by atoms with van der Waals surface area (Å²) in [6, 6.07) is 11.4. The Morgan fingerprint density at radius 3 is 2.27 bits per heavy atom. The van der Waals surface area contributed by atoms with E-state index in [1.165, 1.54) is 11.3 Å². The lowest BCUT2D eigenvalue weighted by molar-refractivity contribution is -0.122. The first-order chi connectivity index (χ1) is 14.2. The Bertz CT molecular complexity index is 1010. The molecule has 1 unspecified atom stereocenters. The molecule has 5 nitrogen and oxygen atoms in total. The molecule has 2 aromatic carbocycles. The number of benzene rings is 2. The minimum absolute atomic E-state index is 0.127. The summed E-state index contributed by atoms with van der Waals surface area (Å²) in [7, 11) is 0. The van der Waals surface area contributed by atoms with Gasteiger partial charge in [0.05, 0.1) is 11.8 Å². The van der Waals surface area contributed by atoms with Gasteiger partial charge in [-0.3, -0.25) is 10.1 Å². The van der Waals surface area contributed by atoms with Crippen LogP contribution in [0.15, 0.2) is 41.8 Å². The second kappa shape index (κ2) is 9.49. The number of aryl methyl sites for hydroxylation is 2. The van der Waals surface area contributed by atoms with Gasteiger partial charge in [-0.25, -0.2) is 4.98 Å². The number of halogens is 1. The van der Waals surface area contributed by atoms with Gasteiger partial charge in [0.1, 0.15) is 11.5 Å². The molecule has 1 heterocycles. The van der Waals surface area contributed by atoms with Crippen LogP contribution in [0.4, 0.5) is 5.13 Å². The quantitative estimate of drug-likeness (QED) is 0.466. The summed E-state index contributed by atoms with van der Waals surface area (Å²) in [5, 5.41) is 5.96. The monoisotopic (exact) mass is 444 g/mol. The average molecular weight is 445 g/mol. The first kappa shape index (κ1) is 22.1. The smallest absolute Gasteiger partial charge is 0.266 e. The van der Waals surface area contributed by atoms with Gasteiger partial charge >= 0.3 is 0 Å². The normalized spacial score (nSPS) is 12.0. The summed E-state index contributed by atoms with van der Waals surface area (Å²) in [5.74, 6) is 1.17. The Morgan fingerprint density at radius 2 is 1.67 bits per heavy atom. The van der Waals surface area contributed by atoms with Gasteiger partial charge < -0.3 is 9.47 Å². The van der Waals surface area contributed by atoms with Crippen molar-refractivity contribution in [3.8, 4) is 22.8 Å². The van der Waals surface area contributed by atoms with Crippen LogP contribution in [0, 0.1) is 13.8 Å². The Balaban J connectivity index is 1.63. The zero-order valence-electron chi connectivity index (χ0n) is 17.7. The summed E-state index contributed by atoms with van der Waals surface area (Å²) >= 11 is 7.56. The Morgan fingerprint density at radius 1 is 1.03 bits per heavy atom. The number of anilines is 1. The first-order valence-corrected chi connectivity index (χ1v) is 11.0. The molecule has 1 atom stereocenters. The van der Waals surface area contributed by atoms with E-state index < -0.39 is 6.10 Å². The van der Waals surface area contributed by atoms with Crippen LogP contribution in [0.25, 0.3) is 11.3 Å². The van der Waals surface area contributed by atoms with Crippen LogP contribution < -0.4 is 14.8 Å². The van der Waals surface area contributed by atoms with Gasteiger partial charge in [0.15, 0.2) is 11.2 Å². The number of nitrogens with zero attached hydrogens (tertiary/aromatic N) is 1. The molecule has 0 spiro atoms. The number of ether oxygens (including phenoxy) is 2. The predicted octanol–water partition coefficient (Wildman–Crippen LogP) is 6.27. The third-order valence-electron chi connectivity index (χ3n) is 4.35. The fourth-order valence-electron chi connectivity index (χ4n) is 2.88. The molecule has 1 N–H and O–H groups in total. The van der Waals surface area contributed by atoms with Crippen LogP contribution in [-0.2, 0) is 4.79 Å². The third-order valence-corrected chi connectivity index (χ3v) is 5.70. The fourth-order valence-corrected chi connectivity index (χ4v) is 3.71. The predicted molar refractivity (Wildman–Crippen MR) is 123 cm³/mol. The lowest BCUT2D eigenvalue weighted by atomic mass is 10.1. The summed E-state index contributed by atoms with van der Waals surface area (Å²) < 4.78 is 11.5. The van der Waals surface area contributed by atoms with E-state index in [-0.39, 0.29) is 12.0 Å². The minimum Gasteiger partial charge on any atom is -0.491 e. The second-order valence-corrected chi connectivity index (χ2v) is 8.59. The van der Waals surface area contributed by atoms with Gasteiger partial charge in [0.2, 0.25) is 0 Å². The second-order valence-electron chi connectivity index (χ2n) is 7.35. The standard InChI is InChI=1S/C23H25ClN2O3S/c1-13(2)28-18-8-6-17(7-9-18)20-12-30-23(25-20)26-22(27)16(5)29-19-10-14(3)21(24)15(4)11-19/h6-13,16H,1-5H3,(H,25,26,27). The fraction of sp³-hybridized carbons (Fsp3) is 0.304. The van der Waals surface area contributed by atoms with Crippen molar-refractivity contribution in [2.45, 2.75) is 46.8 Å². The van der Waals surface area contributed by atoms with Gasteiger partial charge in [-0.1, -0.05) is 11.6 Å². The van der Waals surface area contributed by atoms with E-state index in [2.05, 4.69) is 10.3 Å². The molecule has 0 saturated carbocycles. The molecule has 1 amide bonds. The van der Waals surface area contributed by atoms with E-state index in [1.54, 1.807) is 6.92 Å². The van der Waals surface area contributed by atoms with Crippen LogP contribution in [-0.4, -0.2) is 23.1 Å². The number of hydrogen-bond acceptors (Lipinski definition) is 5. The van der Waals surface area contributed by atoms with E-state index in [1.807, 2.05) is 69.5 Å². The SMILES string of the molecule is Cc1cc(OC(C)C(=O)Nc2nc(-c3ccc(OC(C)C)cc3)cs2)cc(C)c1Cl. The first-order valence-electron chi connectivity index (χ1n) is 9.70. The topological polar surface area (TPSA) is 60.5 Å². The van der Waals surface area contributed by atoms with Crippen molar-refractivity contribution < 1.29 is 14.3 Å². The van der Waals surface area contributed by atoms with Crippen molar-refractivity contribution in [2.24, 2.45) is 0 Å². The highest BCUT2D eigenvalue weighted by atomic mass is 35.5. The van der Waals surface area contributed by atoms with Gasteiger partial charge in [-0.2, -0.15) is 0 Å². The molecule has 30 heavy (non-hydrogen) atoms. The van der Waals surface area contributed by atoms with Gasteiger partial charge in [0.25, 0.3) is 5.91 Å². The maximum atomic E-state index is 12.5. The number of hydrogen-bond donors (Lipinski definition) is 1. The minimum atomic E-state index is -0.676. The van der Waals surface area contributed by atoms with Gasteiger partial charge in [-0.05, 0) is 82.1 Å². The number of amides is 1. The lowest BCUT2D eigenvalue weighted by Crippen LogP contribution is -2.30. The Kier molecular flexibility index (Phi) is 7.00. The third kappa shape index (κ3) is 5.52. The molecule has 0 aliphatic carbocycles. The maximum Gasteiger partial charge on any atom is 0.266 e. The van der Waals surface area contributed by atoms with Crippen LogP contribution in [0.2, 0.25) is 5.02 Å². The Labute approximate surface area is 186 Å². The molecule has 1 aromatic heterocycles. The summed E-state index contributed by atoms with van der Waals surface area (Å²) in [6.45, 7) is 9.50. The molecule has 3 aromatic rings. The van der Waals surface area contributed by atoms with Crippen LogP contribution in [0.1, 0.15) is 31.9 Å². The van der Waals surface area contributed by atoms with E-state index in [0.29, 0.717) is 15.9 Å². The van der Waals surface area contributed by atoms with Gasteiger partial charge in [0, 0.05) is 16.0 Å². The van der Waals surface area contributed by atoms with Crippen molar-refractivity contribution in [1.29, 1.82) is 0 Å². The number of nitrogens with one attached hydrogen (secondary N) is 1. The molecule has 0 aliphatic rings. The van der Waals surface area contributed by atoms with Gasteiger partial charge in [-0.15, -0.1) is 11.3 Å². The number of thiazole rings is 1. The van der Waals surface area contributed by atoms with Crippen LogP contribution in [0.3, 0.4) is 0 Å². The van der Waals surface area contributed by atoms with Crippen LogP contribution in [0.5, 0.6) is 11.5 Å². The van der Waals surface area contributed by atoms with E-state index >= 15 is 0 Å². The molecular weight excluding hydrogens is 420 g/mol. The van der Waals surface area contributed by atoms with Crippen molar-refractivity contribution in [2.75, 3.05) is 5.32 Å². The van der Waals surface area contributed by atoms with Crippen molar-refractivity contribution in [3.05, 3.63) is 57.9 Å². The number of carbonyl (C=O) groups excluding carboxylic acids is 1. The highest BCUT2D eigenvalue weighted by molar-refractivity contribution is 7.14. The maximum absolute atomic E-state index is 12.5. The number of carbonyl (C=O) groups is 1. The van der Waals surface area contributed by atoms with E-state index in [0.717, 1.165) is 28.1 Å². The van der Waals surface area contributed by atoms with Crippen molar-refractivity contribution in [1.82, 2.24) is 4.98 Å². The van der Waals surface area contributed by atoms with Crippen LogP contribution >= 0.6 is 22.9 Å². The van der Waals surface area contributed by atoms with Crippen molar-refractivity contribution in [3.63, 3.8) is 0 Å². The summed E-state index contributed by atoms with van der Waals surface area (Å²) in [4.78, 5) is 17.0. The molecule has 3 rings (SSSR count). The molecule has 158 valence electrons. The molecular formula is C23H25ClN2O3S. The Hall–Kier alpha value is -2.57. The number of aromatic nitrogens is 1. The molecule has 7 heteroatoms. The highest BCUT2D eigenvalue weighted by Crippen LogP contribution is 2.28. The number of rotatable bonds is 7. The molecule has 0 radical (unpaired) electrons. The van der Waals surface area contributed by atoms with E-state index in [4.69, 9.17) is 21.1 Å². The van der Waals surface area contributed by atoms with Crippen molar-refractivity contribution >= 4 is 34.0 Å². The largest absolute Gasteiger partial charge is 0.491 e. The highest BCUT2D eigenvalue weighted by Gasteiger charge is 2.17. The summed E-state index contributed by atoms with van der Waals surface area (Å²) in [5.41, 5.74) is 3.57. The zero-order valence-corrected chi connectivity index (χ0v) is 19.2. The zero-order chi connectivity index (χ0) is 21.8. The van der Waals surface area contributed by atoms with E-state index in [9.17, 15) is 4.79 Å². The average Bonchev–Trinajstić information content (AvgIpc) is 3.14. The molecule has 0 bridgehead atoms. The molecule has 0 saturated heterocycles. The lowest BCUT2D eigenvalue weighted by Gasteiger charge is -2.15.